The number of ether oxygens (including phenoxy) is 2. The van der Waals surface area contributed by atoms with Crippen LogP contribution in [0.5, 0.6) is 0 Å². The van der Waals surface area contributed by atoms with Crippen molar-refractivity contribution in [2.45, 2.75) is 26.9 Å². The molecular weight excluding hydrogens is 275 g/mol. The summed E-state index contributed by atoms with van der Waals surface area (Å²) in [5.74, 6) is -1.49. The van der Waals surface area contributed by atoms with E-state index in [1.165, 1.54) is 18.2 Å². The molecule has 5 heteroatoms. The molecule has 0 radical (unpaired) electrons. The summed E-state index contributed by atoms with van der Waals surface area (Å²) in [4.78, 5) is 23.5. The second kappa shape index (κ2) is 5.68. The average Bonchev–Trinajstić information content (AvgIpc) is 2.66. The highest BCUT2D eigenvalue weighted by Crippen LogP contribution is 2.31. The minimum absolute atomic E-state index is 0.227. The maximum absolute atomic E-state index is 12.8. The van der Waals surface area contributed by atoms with Gasteiger partial charge in [0.05, 0.1) is 0 Å². The molecule has 1 heterocycles. The van der Waals surface area contributed by atoms with Gasteiger partial charge in [0.25, 0.3) is 0 Å². The maximum atomic E-state index is 12.8. The van der Waals surface area contributed by atoms with E-state index in [0.29, 0.717) is 11.1 Å². The lowest BCUT2D eigenvalue weighted by molar-refractivity contribution is -0.159. The normalized spacial score (nSPS) is 21.0. The van der Waals surface area contributed by atoms with Crippen LogP contribution < -0.4 is 0 Å². The van der Waals surface area contributed by atoms with Crippen LogP contribution in [0.15, 0.2) is 30.3 Å². The molecule has 1 aromatic carbocycles. The molecule has 1 aromatic rings. The number of halogens is 1. The van der Waals surface area contributed by atoms with Gasteiger partial charge in [-0.15, -0.1) is 0 Å². The van der Waals surface area contributed by atoms with E-state index in [-0.39, 0.29) is 12.4 Å². The first-order chi connectivity index (χ1) is 9.79. The number of cyclic esters (lactones) is 1. The third-order valence-corrected chi connectivity index (χ3v) is 3.38. The summed E-state index contributed by atoms with van der Waals surface area (Å²) in [6.45, 7) is 5.54. The number of rotatable bonds is 3. The van der Waals surface area contributed by atoms with Gasteiger partial charge in [-0.2, -0.15) is 0 Å². The quantitative estimate of drug-likeness (QED) is 0.635. The lowest BCUT2D eigenvalue weighted by Crippen LogP contribution is -2.34. The van der Waals surface area contributed by atoms with E-state index < -0.39 is 23.5 Å². The Bertz CT molecular complexity index is 587. The Morgan fingerprint density at radius 2 is 2.00 bits per heavy atom. The summed E-state index contributed by atoms with van der Waals surface area (Å²) in [6, 6.07) is 5.77. The summed E-state index contributed by atoms with van der Waals surface area (Å²) < 4.78 is 22.9. The Kier molecular flexibility index (Phi) is 4.11. The largest absolute Gasteiger partial charge is 0.462 e. The first-order valence-electron chi connectivity index (χ1n) is 6.61. The first-order valence-corrected chi connectivity index (χ1v) is 6.61. The molecule has 0 spiro atoms. The molecule has 0 bridgehead atoms. The van der Waals surface area contributed by atoms with Crippen LogP contribution in [0.1, 0.15) is 26.3 Å². The fourth-order valence-corrected chi connectivity index (χ4v) is 2.06. The molecule has 0 saturated carbocycles. The molecule has 4 nitrogen and oxygen atoms in total. The number of carbonyl (C=O) groups is 2. The lowest BCUT2D eigenvalue weighted by Gasteiger charge is -2.21. The maximum Gasteiger partial charge on any atom is 0.348 e. The third-order valence-electron chi connectivity index (χ3n) is 3.38. The Labute approximate surface area is 122 Å². The summed E-state index contributed by atoms with van der Waals surface area (Å²) >= 11 is 0. The van der Waals surface area contributed by atoms with Crippen molar-refractivity contribution in [3.63, 3.8) is 0 Å². The second-order valence-corrected chi connectivity index (χ2v) is 5.75. The molecule has 112 valence electrons. The van der Waals surface area contributed by atoms with Gasteiger partial charge in [-0.05, 0) is 30.2 Å². The number of esters is 2. The number of benzene rings is 1. The molecule has 1 fully saturated rings. The number of hydrogen-bond acceptors (Lipinski definition) is 4. The van der Waals surface area contributed by atoms with Crippen LogP contribution in [-0.4, -0.2) is 24.6 Å². The van der Waals surface area contributed by atoms with Gasteiger partial charge in [0.15, 0.2) is 0 Å². The minimum Gasteiger partial charge on any atom is -0.462 e. The molecule has 0 unspecified atom stereocenters. The standard InChI is InChI=1S/C16H17FO4/c1-10(11-4-6-12(17)7-5-11)8-13(18)21-14-15(19)20-9-16(14,2)3/h4-8,14H,9H2,1-3H3/t14-/m0/s1. The predicted molar refractivity (Wildman–Crippen MR) is 74.7 cm³/mol. The number of hydrogen-bond donors (Lipinski definition) is 0. The zero-order valence-electron chi connectivity index (χ0n) is 12.2. The van der Waals surface area contributed by atoms with Gasteiger partial charge in [-0.25, -0.2) is 14.0 Å². The third kappa shape index (κ3) is 3.48. The van der Waals surface area contributed by atoms with Gasteiger partial charge >= 0.3 is 11.9 Å². The highest BCUT2D eigenvalue weighted by molar-refractivity contribution is 5.92. The van der Waals surface area contributed by atoms with Crippen molar-refractivity contribution in [2.24, 2.45) is 5.41 Å². The van der Waals surface area contributed by atoms with Gasteiger partial charge in [0.1, 0.15) is 12.4 Å². The number of allylic oxidation sites excluding steroid dienone is 1. The van der Waals surface area contributed by atoms with E-state index >= 15 is 0 Å². The van der Waals surface area contributed by atoms with E-state index in [9.17, 15) is 14.0 Å². The lowest BCUT2D eigenvalue weighted by atomic mass is 9.90. The van der Waals surface area contributed by atoms with Crippen molar-refractivity contribution in [2.75, 3.05) is 6.61 Å². The van der Waals surface area contributed by atoms with Crippen LogP contribution in [0.4, 0.5) is 4.39 Å². The summed E-state index contributed by atoms with van der Waals surface area (Å²) in [5, 5.41) is 0. The van der Waals surface area contributed by atoms with E-state index in [1.54, 1.807) is 32.9 Å². The van der Waals surface area contributed by atoms with Crippen LogP contribution in [-0.2, 0) is 19.1 Å². The highest BCUT2D eigenvalue weighted by atomic mass is 19.1. The topological polar surface area (TPSA) is 52.6 Å². The van der Waals surface area contributed by atoms with Gasteiger partial charge in [0.2, 0.25) is 6.10 Å². The van der Waals surface area contributed by atoms with E-state index in [1.807, 2.05) is 0 Å². The molecule has 1 atom stereocenters. The van der Waals surface area contributed by atoms with Crippen molar-refractivity contribution in [1.29, 1.82) is 0 Å². The van der Waals surface area contributed by atoms with Crippen LogP contribution in [0.2, 0.25) is 0 Å². The van der Waals surface area contributed by atoms with E-state index in [4.69, 9.17) is 9.47 Å². The Morgan fingerprint density at radius 3 is 2.52 bits per heavy atom. The van der Waals surface area contributed by atoms with Crippen molar-refractivity contribution in [3.05, 3.63) is 41.7 Å². The summed E-state index contributed by atoms with van der Waals surface area (Å²) in [6.07, 6.45) is 0.386. The molecule has 21 heavy (non-hydrogen) atoms. The van der Waals surface area contributed by atoms with E-state index in [2.05, 4.69) is 0 Å². The molecule has 0 aliphatic carbocycles. The molecule has 0 amide bonds. The Morgan fingerprint density at radius 1 is 1.38 bits per heavy atom. The smallest absolute Gasteiger partial charge is 0.348 e. The fourth-order valence-electron chi connectivity index (χ4n) is 2.06. The zero-order chi connectivity index (χ0) is 15.6. The van der Waals surface area contributed by atoms with Crippen molar-refractivity contribution >= 4 is 17.5 Å². The van der Waals surface area contributed by atoms with Crippen LogP contribution in [0.25, 0.3) is 5.57 Å². The number of carbonyl (C=O) groups excluding carboxylic acids is 2. The monoisotopic (exact) mass is 292 g/mol. The average molecular weight is 292 g/mol. The van der Waals surface area contributed by atoms with Crippen molar-refractivity contribution in [3.8, 4) is 0 Å². The second-order valence-electron chi connectivity index (χ2n) is 5.75. The predicted octanol–water partition coefficient (Wildman–Crippen LogP) is 2.72. The van der Waals surface area contributed by atoms with Crippen molar-refractivity contribution < 1.29 is 23.5 Å². The molecule has 1 aliphatic heterocycles. The minimum atomic E-state index is -0.901. The SMILES string of the molecule is CC(=CC(=O)O[C@H]1C(=O)OCC1(C)C)c1ccc(F)cc1. The van der Waals surface area contributed by atoms with E-state index in [0.717, 1.165) is 0 Å². The summed E-state index contributed by atoms with van der Waals surface area (Å²) in [5.41, 5.74) is 0.801. The van der Waals surface area contributed by atoms with Gasteiger partial charge in [0, 0.05) is 11.5 Å². The Hall–Kier alpha value is -2.17. The van der Waals surface area contributed by atoms with Crippen LogP contribution in [0, 0.1) is 11.2 Å². The van der Waals surface area contributed by atoms with Gasteiger partial charge in [-0.3, -0.25) is 0 Å². The van der Waals surface area contributed by atoms with Crippen LogP contribution >= 0.6 is 0 Å². The molecule has 1 aliphatic rings. The van der Waals surface area contributed by atoms with Crippen molar-refractivity contribution in [1.82, 2.24) is 0 Å². The molecule has 1 saturated heterocycles. The van der Waals surface area contributed by atoms with Gasteiger partial charge in [-0.1, -0.05) is 26.0 Å². The fraction of sp³-hybridized carbons (Fsp3) is 0.375. The Balaban J connectivity index is 2.08. The molecule has 0 N–H and O–H groups in total. The molecular formula is C16H17FO4. The first kappa shape index (κ1) is 15.2. The molecule has 0 aromatic heterocycles. The summed E-state index contributed by atoms with van der Waals surface area (Å²) in [7, 11) is 0. The highest BCUT2D eigenvalue weighted by Gasteiger charge is 2.46. The zero-order valence-corrected chi connectivity index (χ0v) is 12.2. The van der Waals surface area contributed by atoms with Gasteiger partial charge < -0.3 is 9.47 Å². The molecule has 2 rings (SSSR count). The van der Waals surface area contributed by atoms with Crippen LogP contribution in [0.3, 0.4) is 0 Å².